The maximum atomic E-state index is 12.0. The highest BCUT2D eigenvalue weighted by molar-refractivity contribution is 6.29. The molecule has 2 N–H and O–H groups in total. The highest BCUT2D eigenvalue weighted by Gasteiger charge is 2.08. The summed E-state index contributed by atoms with van der Waals surface area (Å²) in [6, 6.07) is 3.24. The van der Waals surface area contributed by atoms with E-state index in [0.717, 1.165) is 19.6 Å². The number of hydrogen-bond acceptors (Lipinski definition) is 4. The Bertz CT molecular complexity index is 453. The SMILES string of the molecule is CCNc1cc(C(=O)NCCOCCC(C)C)cc(Cl)n1. The molecule has 0 radical (unpaired) electrons. The lowest BCUT2D eigenvalue weighted by Gasteiger charge is -2.09. The minimum atomic E-state index is -0.175. The van der Waals surface area contributed by atoms with Crippen LogP contribution in [-0.4, -0.2) is 37.2 Å². The average Bonchev–Trinajstić information content (AvgIpc) is 2.41. The van der Waals surface area contributed by atoms with Crippen molar-refractivity contribution >= 4 is 23.3 Å². The number of nitrogens with zero attached hydrogens (tertiary/aromatic N) is 1. The molecule has 118 valence electrons. The van der Waals surface area contributed by atoms with Crippen LogP contribution in [0.25, 0.3) is 0 Å². The van der Waals surface area contributed by atoms with Crippen molar-refractivity contribution in [1.29, 1.82) is 0 Å². The molecule has 0 aliphatic rings. The molecule has 0 aromatic carbocycles. The van der Waals surface area contributed by atoms with Crippen molar-refractivity contribution in [3.8, 4) is 0 Å². The molecule has 0 saturated carbocycles. The van der Waals surface area contributed by atoms with E-state index in [1.807, 2.05) is 6.92 Å². The Morgan fingerprint density at radius 2 is 2.14 bits per heavy atom. The van der Waals surface area contributed by atoms with Gasteiger partial charge in [0.25, 0.3) is 5.91 Å². The highest BCUT2D eigenvalue weighted by Crippen LogP contribution is 2.14. The molecule has 0 atom stereocenters. The van der Waals surface area contributed by atoms with E-state index in [9.17, 15) is 4.79 Å². The largest absolute Gasteiger partial charge is 0.380 e. The Kier molecular flexibility index (Phi) is 8.08. The zero-order valence-corrected chi connectivity index (χ0v) is 13.7. The van der Waals surface area contributed by atoms with Gasteiger partial charge in [0.1, 0.15) is 11.0 Å². The van der Waals surface area contributed by atoms with Crippen molar-refractivity contribution in [2.45, 2.75) is 27.2 Å². The third kappa shape index (κ3) is 7.29. The zero-order chi connectivity index (χ0) is 15.7. The number of ether oxygens (including phenoxy) is 1. The first-order chi connectivity index (χ1) is 10.0. The topological polar surface area (TPSA) is 63.2 Å². The highest BCUT2D eigenvalue weighted by atomic mass is 35.5. The fourth-order valence-electron chi connectivity index (χ4n) is 1.66. The van der Waals surface area contributed by atoms with E-state index in [2.05, 4.69) is 29.5 Å². The number of halogens is 1. The van der Waals surface area contributed by atoms with Gasteiger partial charge in [0.05, 0.1) is 6.61 Å². The molecule has 0 unspecified atom stereocenters. The Morgan fingerprint density at radius 1 is 1.38 bits per heavy atom. The van der Waals surface area contributed by atoms with Crippen LogP contribution in [0, 0.1) is 5.92 Å². The van der Waals surface area contributed by atoms with Gasteiger partial charge in [-0.25, -0.2) is 4.98 Å². The van der Waals surface area contributed by atoms with Crippen LogP contribution < -0.4 is 10.6 Å². The van der Waals surface area contributed by atoms with Crippen LogP contribution in [0.4, 0.5) is 5.82 Å². The number of amides is 1. The number of nitrogens with one attached hydrogen (secondary N) is 2. The van der Waals surface area contributed by atoms with E-state index in [0.29, 0.717) is 35.6 Å². The number of hydrogen-bond donors (Lipinski definition) is 2. The summed E-state index contributed by atoms with van der Waals surface area (Å²) < 4.78 is 5.45. The lowest BCUT2D eigenvalue weighted by molar-refractivity contribution is 0.0906. The van der Waals surface area contributed by atoms with E-state index in [1.165, 1.54) is 0 Å². The average molecular weight is 314 g/mol. The van der Waals surface area contributed by atoms with Crippen molar-refractivity contribution in [2.24, 2.45) is 5.92 Å². The van der Waals surface area contributed by atoms with Crippen LogP contribution in [0.2, 0.25) is 5.15 Å². The first-order valence-corrected chi connectivity index (χ1v) is 7.68. The molecule has 21 heavy (non-hydrogen) atoms. The van der Waals surface area contributed by atoms with Gasteiger partial charge < -0.3 is 15.4 Å². The number of rotatable bonds is 9. The molecular formula is C15H24ClN3O2. The Morgan fingerprint density at radius 3 is 2.81 bits per heavy atom. The summed E-state index contributed by atoms with van der Waals surface area (Å²) in [7, 11) is 0. The van der Waals surface area contributed by atoms with E-state index in [1.54, 1.807) is 12.1 Å². The summed E-state index contributed by atoms with van der Waals surface area (Å²) >= 11 is 5.91. The van der Waals surface area contributed by atoms with E-state index >= 15 is 0 Å². The van der Waals surface area contributed by atoms with Gasteiger partial charge in [-0.05, 0) is 31.4 Å². The van der Waals surface area contributed by atoms with Crippen molar-refractivity contribution in [1.82, 2.24) is 10.3 Å². The van der Waals surface area contributed by atoms with Crippen LogP contribution in [0.5, 0.6) is 0 Å². The van der Waals surface area contributed by atoms with Crippen molar-refractivity contribution < 1.29 is 9.53 Å². The second kappa shape index (κ2) is 9.58. The monoisotopic (exact) mass is 313 g/mol. The quantitative estimate of drug-likeness (QED) is 0.543. The van der Waals surface area contributed by atoms with Crippen molar-refractivity contribution in [3.05, 3.63) is 22.8 Å². The Hall–Kier alpha value is -1.33. The third-order valence-corrected chi connectivity index (χ3v) is 2.98. The van der Waals surface area contributed by atoms with Gasteiger partial charge >= 0.3 is 0 Å². The molecule has 1 amide bonds. The number of anilines is 1. The molecule has 6 heteroatoms. The standard InChI is InChI=1S/C15H24ClN3O2/c1-4-17-14-10-12(9-13(16)19-14)15(20)18-6-8-21-7-5-11(2)3/h9-11H,4-8H2,1-3H3,(H,17,19)(H,18,20). The Balaban J connectivity index is 2.38. The van der Waals surface area contributed by atoms with Crippen LogP contribution >= 0.6 is 11.6 Å². The fraction of sp³-hybridized carbons (Fsp3) is 0.600. The molecule has 0 fully saturated rings. The van der Waals surface area contributed by atoms with E-state index < -0.39 is 0 Å². The summed E-state index contributed by atoms with van der Waals surface area (Å²) in [6.07, 6.45) is 1.03. The molecule has 1 rings (SSSR count). The molecule has 0 spiro atoms. The molecule has 0 saturated heterocycles. The molecule has 0 bridgehead atoms. The van der Waals surface area contributed by atoms with E-state index in [-0.39, 0.29) is 5.91 Å². The second-order valence-corrected chi connectivity index (χ2v) is 5.53. The molecule has 1 heterocycles. The number of carbonyl (C=O) groups excluding carboxylic acids is 1. The summed E-state index contributed by atoms with van der Waals surface area (Å²) in [6.45, 7) is 8.69. The number of pyridine rings is 1. The number of carbonyl (C=O) groups is 1. The van der Waals surface area contributed by atoms with Crippen LogP contribution in [0.3, 0.4) is 0 Å². The molecular weight excluding hydrogens is 290 g/mol. The Labute approximate surface area is 131 Å². The number of aromatic nitrogens is 1. The van der Waals surface area contributed by atoms with Crippen molar-refractivity contribution in [3.63, 3.8) is 0 Å². The smallest absolute Gasteiger partial charge is 0.251 e. The van der Waals surface area contributed by atoms with Crippen molar-refractivity contribution in [2.75, 3.05) is 31.6 Å². The predicted molar refractivity (Wildman–Crippen MR) is 86.0 cm³/mol. The van der Waals surface area contributed by atoms with Gasteiger partial charge in [-0.1, -0.05) is 25.4 Å². The zero-order valence-electron chi connectivity index (χ0n) is 12.9. The van der Waals surface area contributed by atoms with E-state index in [4.69, 9.17) is 16.3 Å². The minimum absolute atomic E-state index is 0.175. The van der Waals surface area contributed by atoms with Gasteiger partial charge in [-0.2, -0.15) is 0 Å². The van der Waals surface area contributed by atoms with Gasteiger partial charge in [0, 0.05) is 25.3 Å². The molecule has 1 aromatic rings. The molecule has 0 aliphatic carbocycles. The van der Waals surface area contributed by atoms with Crippen LogP contribution in [0.15, 0.2) is 12.1 Å². The summed E-state index contributed by atoms with van der Waals surface area (Å²) in [4.78, 5) is 16.1. The lowest BCUT2D eigenvalue weighted by atomic mass is 10.1. The first kappa shape index (κ1) is 17.7. The lowest BCUT2D eigenvalue weighted by Crippen LogP contribution is -2.27. The maximum absolute atomic E-state index is 12.0. The predicted octanol–water partition coefficient (Wildman–Crippen LogP) is 2.96. The maximum Gasteiger partial charge on any atom is 0.251 e. The van der Waals surface area contributed by atoms with Crippen LogP contribution in [-0.2, 0) is 4.74 Å². The molecule has 5 nitrogen and oxygen atoms in total. The summed E-state index contributed by atoms with van der Waals surface area (Å²) in [5.74, 6) is 1.05. The summed E-state index contributed by atoms with van der Waals surface area (Å²) in [5, 5.41) is 6.14. The second-order valence-electron chi connectivity index (χ2n) is 5.14. The first-order valence-electron chi connectivity index (χ1n) is 7.30. The van der Waals surface area contributed by atoms with Crippen LogP contribution in [0.1, 0.15) is 37.6 Å². The normalized spacial score (nSPS) is 10.7. The van der Waals surface area contributed by atoms with Gasteiger partial charge in [-0.3, -0.25) is 4.79 Å². The molecule has 0 aliphatic heterocycles. The fourth-order valence-corrected chi connectivity index (χ4v) is 1.87. The third-order valence-electron chi connectivity index (χ3n) is 2.79. The summed E-state index contributed by atoms with van der Waals surface area (Å²) in [5.41, 5.74) is 0.494. The molecule has 1 aromatic heterocycles. The van der Waals surface area contributed by atoms with Gasteiger partial charge in [0.2, 0.25) is 0 Å². The van der Waals surface area contributed by atoms with Gasteiger partial charge in [-0.15, -0.1) is 0 Å². The van der Waals surface area contributed by atoms with Gasteiger partial charge in [0.15, 0.2) is 0 Å². The minimum Gasteiger partial charge on any atom is -0.380 e.